The van der Waals surface area contributed by atoms with E-state index in [9.17, 15) is 13.2 Å². The second-order valence-corrected chi connectivity index (χ2v) is 7.81. The first-order valence-corrected chi connectivity index (χ1v) is 9.15. The lowest BCUT2D eigenvalue weighted by Gasteiger charge is -2.32. The van der Waals surface area contributed by atoms with E-state index in [4.69, 9.17) is 0 Å². The van der Waals surface area contributed by atoms with Crippen molar-refractivity contribution < 1.29 is 13.2 Å². The molecule has 1 N–H and O–H groups in total. The minimum absolute atomic E-state index is 0.0191. The van der Waals surface area contributed by atoms with Gasteiger partial charge in [-0.1, -0.05) is 48.5 Å². The Morgan fingerprint density at radius 2 is 1.61 bits per heavy atom. The molecule has 2 aromatic rings. The summed E-state index contributed by atoms with van der Waals surface area (Å²) in [7, 11) is -3.24. The molecule has 5 nitrogen and oxygen atoms in total. The zero-order valence-corrected chi connectivity index (χ0v) is 13.4. The maximum Gasteiger partial charge on any atom is 0.321 e. The number of urea groups is 1. The fourth-order valence-corrected chi connectivity index (χ4v) is 4.41. The van der Waals surface area contributed by atoms with Gasteiger partial charge in [0, 0.05) is 18.8 Å². The average molecular weight is 330 g/mol. The average Bonchev–Trinajstić information content (AvgIpc) is 2.56. The molecular formula is C17H18N2O3S. The second kappa shape index (κ2) is 6.42. The molecule has 1 unspecified atom stereocenters. The Morgan fingerprint density at radius 3 is 2.26 bits per heavy atom. The van der Waals surface area contributed by atoms with Crippen LogP contribution in [0.1, 0.15) is 10.8 Å². The minimum atomic E-state index is -3.24. The zero-order chi connectivity index (χ0) is 16.3. The summed E-state index contributed by atoms with van der Waals surface area (Å²) in [5, 5.41) is 2.14. The summed E-state index contributed by atoms with van der Waals surface area (Å²) >= 11 is 0. The van der Waals surface area contributed by atoms with Crippen LogP contribution in [0.15, 0.2) is 60.7 Å². The van der Waals surface area contributed by atoms with E-state index in [1.165, 1.54) is 0 Å². The SMILES string of the molecule is O=C(Nc1ccccc1)N1CCS(=O)(=O)C(c2ccccc2)C1. The van der Waals surface area contributed by atoms with Crippen LogP contribution >= 0.6 is 0 Å². The molecule has 23 heavy (non-hydrogen) atoms. The number of hydrogen-bond acceptors (Lipinski definition) is 3. The van der Waals surface area contributed by atoms with E-state index in [1.807, 2.05) is 36.4 Å². The lowest BCUT2D eigenvalue weighted by atomic mass is 10.1. The summed E-state index contributed by atoms with van der Waals surface area (Å²) in [6.07, 6.45) is 0. The number of carbonyl (C=O) groups excluding carboxylic acids is 1. The minimum Gasteiger partial charge on any atom is -0.322 e. The van der Waals surface area contributed by atoms with E-state index in [0.29, 0.717) is 5.69 Å². The first kappa shape index (κ1) is 15.6. The first-order valence-electron chi connectivity index (χ1n) is 7.44. The van der Waals surface area contributed by atoms with Gasteiger partial charge in [0.05, 0.1) is 5.75 Å². The summed E-state index contributed by atoms with van der Waals surface area (Å²) < 4.78 is 24.7. The number of para-hydroxylation sites is 1. The van der Waals surface area contributed by atoms with Gasteiger partial charge in [0.1, 0.15) is 5.25 Å². The number of amides is 2. The molecule has 1 aliphatic rings. The van der Waals surface area contributed by atoms with E-state index in [2.05, 4.69) is 5.32 Å². The van der Waals surface area contributed by atoms with Crippen LogP contribution < -0.4 is 5.32 Å². The van der Waals surface area contributed by atoms with Crippen molar-refractivity contribution in [1.29, 1.82) is 0 Å². The zero-order valence-electron chi connectivity index (χ0n) is 12.6. The smallest absolute Gasteiger partial charge is 0.321 e. The van der Waals surface area contributed by atoms with Gasteiger partial charge in [-0.15, -0.1) is 0 Å². The van der Waals surface area contributed by atoms with Crippen LogP contribution in [0.4, 0.5) is 10.5 Å². The molecule has 1 aliphatic heterocycles. The van der Waals surface area contributed by atoms with Crippen molar-refractivity contribution in [2.75, 3.05) is 24.2 Å². The van der Waals surface area contributed by atoms with Crippen molar-refractivity contribution >= 4 is 21.6 Å². The third-order valence-corrected chi connectivity index (χ3v) is 5.99. The monoisotopic (exact) mass is 330 g/mol. The maximum atomic E-state index is 12.4. The lowest BCUT2D eigenvalue weighted by molar-refractivity contribution is 0.212. The van der Waals surface area contributed by atoms with Gasteiger partial charge in [-0.25, -0.2) is 13.2 Å². The van der Waals surface area contributed by atoms with Gasteiger partial charge in [-0.3, -0.25) is 0 Å². The predicted octanol–water partition coefficient (Wildman–Crippen LogP) is 2.69. The molecule has 120 valence electrons. The van der Waals surface area contributed by atoms with Crippen LogP contribution in [-0.4, -0.2) is 38.2 Å². The van der Waals surface area contributed by atoms with E-state index < -0.39 is 15.1 Å². The van der Waals surface area contributed by atoms with Gasteiger partial charge in [-0.05, 0) is 17.7 Å². The Hall–Kier alpha value is -2.34. The van der Waals surface area contributed by atoms with Crippen LogP contribution in [0, 0.1) is 0 Å². The van der Waals surface area contributed by atoms with Crippen molar-refractivity contribution in [3.05, 3.63) is 66.2 Å². The third kappa shape index (κ3) is 3.53. The van der Waals surface area contributed by atoms with Crippen LogP contribution in [-0.2, 0) is 9.84 Å². The summed E-state index contributed by atoms with van der Waals surface area (Å²) in [6.45, 7) is 0.384. The molecule has 0 radical (unpaired) electrons. The van der Waals surface area contributed by atoms with Crippen molar-refractivity contribution in [1.82, 2.24) is 4.90 Å². The fraction of sp³-hybridized carbons (Fsp3) is 0.235. The molecule has 0 aromatic heterocycles. The number of carbonyl (C=O) groups is 1. The number of benzene rings is 2. The van der Waals surface area contributed by atoms with Crippen LogP contribution in [0.2, 0.25) is 0 Å². The van der Waals surface area contributed by atoms with Crippen molar-refractivity contribution in [2.24, 2.45) is 0 Å². The Labute approximate surface area is 135 Å². The Morgan fingerprint density at radius 1 is 1.00 bits per heavy atom. The predicted molar refractivity (Wildman–Crippen MR) is 90.0 cm³/mol. The van der Waals surface area contributed by atoms with E-state index in [1.54, 1.807) is 29.2 Å². The van der Waals surface area contributed by atoms with Gasteiger partial charge in [0.25, 0.3) is 0 Å². The summed E-state index contributed by atoms with van der Waals surface area (Å²) in [5.74, 6) is -0.0191. The van der Waals surface area contributed by atoms with E-state index >= 15 is 0 Å². The number of nitrogens with zero attached hydrogens (tertiary/aromatic N) is 1. The summed E-state index contributed by atoms with van der Waals surface area (Å²) in [5.41, 5.74) is 1.42. The van der Waals surface area contributed by atoms with Crippen LogP contribution in [0.5, 0.6) is 0 Å². The molecule has 6 heteroatoms. The number of nitrogens with one attached hydrogen (secondary N) is 1. The normalized spacial score (nSPS) is 20.0. The van der Waals surface area contributed by atoms with Crippen LogP contribution in [0.25, 0.3) is 0 Å². The van der Waals surface area contributed by atoms with Gasteiger partial charge in [0.2, 0.25) is 0 Å². The Bertz CT molecular complexity index is 776. The molecule has 2 aromatic carbocycles. The molecule has 1 atom stereocenters. The van der Waals surface area contributed by atoms with Crippen molar-refractivity contribution in [3.63, 3.8) is 0 Å². The molecule has 0 aliphatic carbocycles. The molecule has 0 saturated carbocycles. The van der Waals surface area contributed by atoms with Crippen molar-refractivity contribution in [3.8, 4) is 0 Å². The molecule has 0 bridgehead atoms. The number of hydrogen-bond donors (Lipinski definition) is 1. The third-order valence-electron chi connectivity index (χ3n) is 3.95. The van der Waals surface area contributed by atoms with E-state index in [0.717, 1.165) is 5.56 Å². The topological polar surface area (TPSA) is 66.5 Å². The maximum absolute atomic E-state index is 12.4. The van der Waals surface area contributed by atoms with Gasteiger partial charge < -0.3 is 10.2 Å². The molecule has 1 fully saturated rings. The Balaban J connectivity index is 1.77. The second-order valence-electron chi connectivity index (χ2n) is 5.51. The molecule has 2 amide bonds. The fourth-order valence-electron chi connectivity index (χ4n) is 2.67. The molecule has 1 saturated heterocycles. The first-order chi connectivity index (χ1) is 11.1. The lowest BCUT2D eigenvalue weighted by Crippen LogP contribution is -2.47. The summed E-state index contributed by atoms with van der Waals surface area (Å²) in [4.78, 5) is 13.9. The number of rotatable bonds is 2. The molecular weight excluding hydrogens is 312 g/mol. The largest absolute Gasteiger partial charge is 0.322 e. The highest BCUT2D eigenvalue weighted by molar-refractivity contribution is 7.91. The quantitative estimate of drug-likeness (QED) is 0.920. The van der Waals surface area contributed by atoms with E-state index in [-0.39, 0.29) is 24.9 Å². The van der Waals surface area contributed by atoms with Gasteiger partial charge in [-0.2, -0.15) is 0 Å². The van der Waals surface area contributed by atoms with Crippen molar-refractivity contribution in [2.45, 2.75) is 5.25 Å². The Kier molecular flexibility index (Phi) is 4.34. The van der Waals surface area contributed by atoms with Crippen LogP contribution in [0.3, 0.4) is 0 Å². The molecule has 3 rings (SSSR count). The standard InChI is InChI=1S/C17H18N2O3S/c20-17(18-15-9-5-2-6-10-15)19-11-12-23(21,22)16(13-19)14-7-3-1-4-8-14/h1-10,16H,11-13H2,(H,18,20). The number of anilines is 1. The highest BCUT2D eigenvalue weighted by Crippen LogP contribution is 2.28. The van der Waals surface area contributed by atoms with Gasteiger partial charge >= 0.3 is 6.03 Å². The van der Waals surface area contributed by atoms with Gasteiger partial charge in [0.15, 0.2) is 9.84 Å². The molecule has 1 heterocycles. The molecule has 0 spiro atoms. The summed E-state index contributed by atoms with van der Waals surface area (Å²) in [6, 6.07) is 17.9. The highest BCUT2D eigenvalue weighted by Gasteiger charge is 2.35. The highest BCUT2D eigenvalue weighted by atomic mass is 32.2. The number of sulfone groups is 1.